The molecule has 0 bridgehead atoms. The second-order valence-corrected chi connectivity index (χ2v) is 6.16. The predicted octanol–water partition coefficient (Wildman–Crippen LogP) is 1.44. The highest BCUT2D eigenvalue weighted by atomic mass is 32.2. The van der Waals surface area contributed by atoms with Gasteiger partial charge in [0.15, 0.2) is 0 Å². The van der Waals surface area contributed by atoms with E-state index < -0.39 is 16.1 Å². The van der Waals surface area contributed by atoms with Gasteiger partial charge in [0.2, 0.25) is 10.0 Å². The third kappa shape index (κ3) is 4.81. The Hall–Kier alpha value is -1.11. The predicted molar refractivity (Wildman–Crippen MR) is 73.8 cm³/mol. The summed E-state index contributed by atoms with van der Waals surface area (Å²) in [6, 6.07) is 4.75. The van der Waals surface area contributed by atoms with Gasteiger partial charge < -0.3 is 9.84 Å². The number of aliphatic hydroxyl groups excluding tert-OH is 1. The molecule has 0 aromatic heterocycles. The molecule has 19 heavy (non-hydrogen) atoms. The number of sulfonamides is 1. The van der Waals surface area contributed by atoms with Crippen LogP contribution in [0.15, 0.2) is 23.1 Å². The van der Waals surface area contributed by atoms with Gasteiger partial charge in [-0.3, -0.25) is 0 Å². The van der Waals surface area contributed by atoms with Crippen molar-refractivity contribution in [3.63, 3.8) is 0 Å². The molecule has 0 aliphatic carbocycles. The maximum atomic E-state index is 12.0. The van der Waals surface area contributed by atoms with E-state index in [0.29, 0.717) is 18.8 Å². The summed E-state index contributed by atoms with van der Waals surface area (Å²) >= 11 is 0. The molecular formula is C13H21NO4S. The molecule has 1 unspecified atom stereocenters. The Morgan fingerprint density at radius 2 is 2.11 bits per heavy atom. The standard InChI is InChI=1S/C13H21NO4S/c1-4-18-13-6-5-12(9-10(13)2)19(16,17)14-8-7-11(3)15/h5-6,9,11,14-15H,4,7-8H2,1-3H3. The summed E-state index contributed by atoms with van der Waals surface area (Å²) in [5.74, 6) is 0.686. The average Bonchev–Trinajstić information content (AvgIpc) is 2.31. The molecule has 5 nitrogen and oxygen atoms in total. The summed E-state index contributed by atoms with van der Waals surface area (Å²) < 4.78 is 31.8. The lowest BCUT2D eigenvalue weighted by Gasteiger charge is -2.11. The molecule has 0 radical (unpaired) electrons. The molecular weight excluding hydrogens is 266 g/mol. The molecule has 2 N–H and O–H groups in total. The van der Waals surface area contributed by atoms with Gasteiger partial charge in [-0.1, -0.05) is 0 Å². The Morgan fingerprint density at radius 3 is 2.63 bits per heavy atom. The number of aryl methyl sites for hydroxylation is 1. The first-order chi connectivity index (χ1) is 8.86. The molecule has 0 fully saturated rings. The van der Waals surface area contributed by atoms with Gasteiger partial charge in [-0.15, -0.1) is 0 Å². The smallest absolute Gasteiger partial charge is 0.240 e. The van der Waals surface area contributed by atoms with Crippen molar-refractivity contribution in [3.05, 3.63) is 23.8 Å². The van der Waals surface area contributed by atoms with Crippen LogP contribution in [0.5, 0.6) is 5.75 Å². The van der Waals surface area contributed by atoms with Crippen LogP contribution in [0.1, 0.15) is 25.8 Å². The number of nitrogens with one attached hydrogen (secondary N) is 1. The van der Waals surface area contributed by atoms with Gasteiger partial charge in [-0.2, -0.15) is 0 Å². The minimum atomic E-state index is -3.53. The maximum absolute atomic E-state index is 12.0. The molecule has 0 saturated heterocycles. The lowest BCUT2D eigenvalue weighted by atomic mass is 10.2. The summed E-state index contributed by atoms with van der Waals surface area (Å²) in [6.07, 6.45) is -0.139. The van der Waals surface area contributed by atoms with Crippen LogP contribution in [0.4, 0.5) is 0 Å². The second-order valence-electron chi connectivity index (χ2n) is 4.40. The van der Waals surface area contributed by atoms with Crippen LogP contribution in [-0.2, 0) is 10.0 Å². The van der Waals surface area contributed by atoms with Gasteiger partial charge in [0.05, 0.1) is 17.6 Å². The van der Waals surface area contributed by atoms with Gasteiger partial charge in [0, 0.05) is 6.54 Å². The molecule has 0 heterocycles. The maximum Gasteiger partial charge on any atom is 0.240 e. The minimum Gasteiger partial charge on any atom is -0.494 e. The Morgan fingerprint density at radius 1 is 1.42 bits per heavy atom. The monoisotopic (exact) mass is 287 g/mol. The second kappa shape index (κ2) is 6.88. The lowest BCUT2D eigenvalue weighted by molar-refractivity contribution is 0.186. The third-order valence-electron chi connectivity index (χ3n) is 2.61. The van der Waals surface area contributed by atoms with Gasteiger partial charge >= 0.3 is 0 Å². The van der Waals surface area contributed by atoms with E-state index in [1.54, 1.807) is 26.0 Å². The average molecular weight is 287 g/mol. The van der Waals surface area contributed by atoms with Crippen molar-refractivity contribution >= 4 is 10.0 Å². The van der Waals surface area contributed by atoms with Crippen molar-refractivity contribution in [3.8, 4) is 5.75 Å². The summed E-state index contributed by atoms with van der Waals surface area (Å²) in [6.45, 7) is 6.06. The van der Waals surface area contributed by atoms with Crippen molar-refractivity contribution in [2.24, 2.45) is 0 Å². The zero-order valence-electron chi connectivity index (χ0n) is 11.5. The summed E-state index contributed by atoms with van der Waals surface area (Å²) in [5.41, 5.74) is 0.778. The Labute approximate surface area is 114 Å². The normalized spacial score (nSPS) is 13.3. The van der Waals surface area contributed by atoms with Crippen LogP contribution in [0, 0.1) is 6.92 Å². The highest BCUT2D eigenvalue weighted by Crippen LogP contribution is 2.21. The van der Waals surface area contributed by atoms with Gasteiger partial charge in [-0.05, 0) is 51.0 Å². The van der Waals surface area contributed by atoms with E-state index in [0.717, 1.165) is 5.56 Å². The van der Waals surface area contributed by atoms with Gasteiger partial charge in [0.1, 0.15) is 5.75 Å². The molecule has 6 heteroatoms. The number of rotatable bonds is 7. The topological polar surface area (TPSA) is 75.6 Å². The molecule has 1 rings (SSSR count). The molecule has 0 amide bonds. The van der Waals surface area contributed by atoms with E-state index in [1.807, 2.05) is 6.92 Å². The minimum absolute atomic E-state index is 0.207. The van der Waals surface area contributed by atoms with Crippen molar-refractivity contribution in [1.29, 1.82) is 0 Å². The van der Waals surface area contributed by atoms with Crippen LogP contribution in [0.25, 0.3) is 0 Å². The zero-order valence-corrected chi connectivity index (χ0v) is 12.3. The number of ether oxygens (including phenoxy) is 1. The van der Waals surface area contributed by atoms with E-state index in [9.17, 15) is 8.42 Å². The van der Waals surface area contributed by atoms with Crippen molar-refractivity contribution in [1.82, 2.24) is 4.72 Å². The van der Waals surface area contributed by atoms with E-state index in [1.165, 1.54) is 6.07 Å². The van der Waals surface area contributed by atoms with Crippen LogP contribution in [0.3, 0.4) is 0 Å². The van der Waals surface area contributed by atoms with Gasteiger partial charge in [0.25, 0.3) is 0 Å². The first kappa shape index (κ1) is 15.9. The Kier molecular flexibility index (Phi) is 5.78. The lowest BCUT2D eigenvalue weighted by Crippen LogP contribution is -2.26. The van der Waals surface area contributed by atoms with E-state index in [-0.39, 0.29) is 11.4 Å². The molecule has 0 aliphatic rings. The number of benzene rings is 1. The number of hydrogen-bond acceptors (Lipinski definition) is 4. The van der Waals surface area contributed by atoms with Crippen LogP contribution in [0.2, 0.25) is 0 Å². The zero-order chi connectivity index (χ0) is 14.5. The first-order valence-electron chi connectivity index (χ1n) is 6.28. The molecule has 0 spiro atoms. The van der Waals surface area contributed by atoms with E-state index >= 15 is 0 Å². The van der Waals surface area contributed by atoms with Crippen LogP contribution >= 0.6 is 0 Å². The number of hydrogen-bond donors (Lipinski definition) is 2. The first-order valence-corrected chi connectivity index (χ1v) is 7.76. The third-order valence-corrected chi connectivity index (χ3v) is 4.07. The van der Waals surface area contributed by atoms with E-state index in [4.69, 9.17) is 9.84 Å². The highest BCUT2D eigenvalue weighted by Gasteiger charge is 2.15. The summed E-state index contributed by atoms with van der Waals surface area (Å²) in [7, 11) is -3.53. The molecule has 1 atom stereocenters. The van der Waals surface area contributed by atoms with Crippen molar-refractivity contribution < 1.29 is 18.3 Å². The molecule has 1 aromatic rings. The summed E-state index contributed by atoms with van der Waals surface area (Å²) in [5, 5.41) is 9.11. The fourth-order valence-corrected chi connectivity index (χ4v) is 2.72. The van der Waals surface area contributed by atoms with Crippen LogP contribution in [-0.4, -0.2) is 32.8 Å². The quantitative estimate of drug-likeness (QED) is 0.795. The highest BCUT2D eigenvalue weighted by molar-refractivity contribution is 7.89. The molecule has 0 saturated carbocycles. The van der Waals surface area contributed by atoms with E-state index in [2.05, 4.69) is 4.72 Å². The van der Waals surface area contributed by atoms with Crippen LogP contribution < -0.4 is 9.46 Å². The van der Waals surface area contributed by atoms with Crippen molar-refractivity contribution in [2.45, 2.75) is 38.2 Å². The molecule has 0 aliphatic heterocycles. The van der Waals surface area contributed by atoms with Gasteiger partial charge in [-0.25, -0.2) is 13.1 Å². The van der Waals surface area contributed by atoms with Crippen molar-refractivity contribution in [2.75, 3.05) is 13.2 Å². The fourth-order valence-electron chi connectivity index (χ4n) is 1.59. The summed E-state index contributed by atoms with van der Waals surface area (Å²) in [4.78, 5) is 0.207. The largest absolute Gasteiger partial charge is 0.494 e. The SMILES string of the molecule is CCOc1ccc(S(=O)(=O)NCCC(C)O)cc1C. The molecule has 108 valence electrons. The molecule has 1 aromatic carbocycles. The Balaban J connectivity index is 2.81. The Bertz CT molecular complexity index is 511. The number of aliphatic hydroxyl groups is 1. The fraction of sp³-hybridized carbons (Fsp3) is 0.538.